The van der Waals surface area contributed by atoms with Crippen LogP contribution in [0.1, 0.15) is 46.4 Å². The van der Waals surface area contributed by atoms with E-state index in [9.17, 15) is 4.79 Å². The van der Waals surface area contributed by atoms with Crippen molar-refractivity contribution >= 4 is 11.4 Å². The monoisotopic (exact) mass is 471 g/mol. The van der Waals surface area contributed by atoms with Crippen LogP contribution in [-0.4, -0.2) is 59.7 Å². The van der Waals surface area contributed by atoms with Gasteiger partial charge in [0.2, 0.25) is 0 Å². The van der Waals surface area contributed by atoms with Crippen LogP contribution in [0, 0.1) is 6.92 Å². The second-order valence-corrected chi connectivity index (χ2v) is 9.42. The third-order valence-electron chi connectivity index (χ3n) is 7.13. The number of allylic oxidation sites excluding steroid dienone is 1. The first-order valence-electron chi connectivity index (χ1n) is 12.4. The highest BCUT2D eigenvalue weighted by Gasteiger charge is 2.24. The first-order chi connectivity index (χ1) is 17.1. The van der Waals surface area contributed by atoms with E-state index in [4.69, 9.17) is 14.5 Å². The van der Waals surface area contributed by atoms with Gasteiger partial charge in [-0.25, -0.2) is 0 Å². The molecule has 3 aromatic rings. The molecule has 0 spiro atoms. The Bertz CT molecular complexity index is 1210. The lowest BCUT2D eigenvalue weighted by Gasteiger charge is -2.36. The number of nitrogens with zero attached hydrogens (tertiary/aromatic N) is 3. The van der Waals surface area contributed by atoms with E-state index < -0.39 is 0 Å². The summed E-state index contributed by atoms with van der Waals surface area (Å²) < 4.78 is 12.7. The van der Waals surface area contributed by atoms with Crippen LogP contribution < -0.4 is 4.74 Å². The molecule has 1 aromatic carbocycles. The second-order valence-electron chi connectivity index (χ2n) is 9.42. The topological polar surface area (TPSA) is 56.6 Å². The minimum atomic E-state index is 0.0939. The molecule has 6 nitrogen and oxygen atoms in total. The van der Waals surface area contributed by atoms with Crippen molar-refractivity contribution in [3.8, 4) is 11.4 Å². The zero-order valence-electron chi connectivity index (χ0n) is 20.6. The highest BCUT2D eigenvalue weighted by molar-refractivity contribution is 5.97. The number of pyridine rings is 1. The number of Topliss-reactive ketones (excluding diaryl/α,β-unsaturated/α-hetero) is 1. The fourth-order valence-electron chi connectivity index (χ4n) is 5.14. The number of morpholine rings is 1. The third kappa shape index (κ3) is 5.39. The first-order valence-corrected chi connectivity index (χ1v) is 12.4. The highest BCUT2D eigenvalue weighted by atomic mass is 16.5. The lowest BCUT2D eigenvalue weighted by molar-refractivity contribution is 0.0150. The number of hydrogen-bond acceptors (Lipinski definition) is 5. The molecule has 1 fully saturated rings. The van der Waals surface area contributed by atoms with E-state index in [-0.39, 0.29) is 5.78 Å². The molecule has 0 bridgehead atoms. The summed E-state index contributed by atoms with van der Waals surface area (Å²) in [4.78, 5) is 20.3. The number of aromatic nitrogens is 2. The van der Waals surface area contributed by atoms with Crippen LogP contribution in [0.5, 0.6) is 5.75 Å². The molecule has 0 saturated carbocycles. The van der Waals surface area contributed by atoms with Crippen LogP contribution in [0.4, 0.5) is 0 Å². The molecule has 1 aliphatic heterocycles. The van der Waals surface area contributed by atoms with Crippen LogP contribution >= 0.6 is 0 Å². The molecular weight excluding hydrogens is 438 g/mol. The van der Waals surface area contributed by atoms with Crippen molar-refractivity contribution in [1.82, 2.24) is 14.5 Å². The maximum absolute atomic E-state index is 13.0. The van der Waals surface area contributed by atoms with Gasteiger partial charge in [0.15, 0.2) is 5.78 Å². The Hall–Kier alpha value is -3.22. The quantitative estimate of drug-likeness (QED) is 0.460. The van der Waals surface area contributed by atoms with Crippen molar-refractivity contribution in [2.75, 3.05) is 33.4 Å². The van der Waals surface area contributed by atoms with Gasteiger partial charge in [-0.2, -0.15) is 0 Å². The smallest absolute Gasteiger partial charge is 0.168 e. The minimum absolute atomic E-state index is 0.0939. The Morgan fingerprint density at radius 3 is 2.66 bits per heavy atom. The van der Waals surface area contributed by atoms with Gasteiger partial charge in [-0.15, -0.1) is 0 Å². The Balaban J connectivity index is 1.22. The number of ether oxygens (including phenoxy) is 2. The normalized spacial score (nSPS) is 18.8. The fraction of sp³-hybridized carbons (Fsp3) is 0.379. The molecule has 1 atom stereocenters. The van der Waals surface area contributed by atoms with Crippen LogP contribution in [-0.2, 0) is 11.2 Å². The van der Waals surface area contributed by atoms with Crippen LogP contribution in [0.15, 0.2) is 61.1 Å². The average Bonchev–Trinajstić information content (AvgIpc) is 3.40. The van der Waals surface area contributed by atoms with Crippen LogP contribution in [0.3, 0.4) is 0 Å². The maximum atomic E-state index is 13.0. The zero-order chi connectivity index (χ0) is 24.2. The predicted octanol–water partition coefficient (Wildman–Crippen LogP) is 4.88. The van der Waals surface area contributed by atoms with E-state index in [2.05, 4.69) is 24.0 Å². The molecule has 2 aliphatic rings. The van der Waals surface area contributed by atoms with E-state index in [0.717, 1.165) is 67.4 Å². The summed E-state index contributed by atoms with van der Waals surface area (Å²) in [6, 6.07) is 12.4. The minimum Gasteiger partial charge on any atom is -0.497 e. The second kappa shape index (κ2) is 10.6. The molecule has 1 unspecified atom stereocenters. The zero-order valence-corrected chi connectivity index (χ0v) is 20.6. The highest BCUT2D eigenvalue weighted by Crippen LogP contribution is 2.30. The summed E-state index contributed by atoms with van der Waals surface area (Å²) in [5, 5.41) is 0. The fourth-order valence-corrected chi connectivity index (χ4v) is 5.14. The third-order valence-corrected chi connectivity index (χ3v) is 7.13. The number of aryl methyl sites for hydroxylation is 1. The lowest BCUT2D eigenvalue weighted by Crippen LogP contribution is -2.43. The summed E-state index contributed by atoms with van der Waals surface area (Å²) in [5.41, 5.74) is 6.20. The Kier molecular flexibility index (Phi) is 7.11. The van der Waals surface area contributed by atoms with E-state index in [0.29, 0.717) is 18.0 Å². The SMILES string of the molecule is COc1ccc(-n2ccc(C(=O)Cc3cnc(C4=CCC(N5CCOCC5)CC4)c(C)c3)c2)cc1. The maximum Gasteiger partial charge on any atom is 0.168 e. The van der Waals surface area contributed by atoms with Gasteiger partial charge in [0.1, 0.15) is 5.75 Å². The van der Waals surface area contributed by atoms with Crippen LogP contribution in [0.2, 0.25) is 0 Å². The number of carbonyl (C=O) groups excluding carboxylic acids is 1. The van der Waals surface area contributed by atoms with E-state index in [1.54, 1.807) is 7.11 Å². The predicted molar refractivity (Wildman–Crippen MR) is 137 cm³/mol. The molecule has 3 heterocycles. The van der Waals surface area contributed by atoms with Crippen molar-refractivity contribution in [2.24, 2.45) is 0 Å². The molecular formula is C29H33N3O3. The number of methoxy groups -OCH3 is 1. The van der Waals surface area contributed by atoms with Gasteiger partial charge in [-0.1, -0.05) is 12.1 Å². The number of benzene rings is 1. The summed E-state index contributed by atoms with van der Waals surface area (Å²) >= 11 is 0. The van der Waals surface area contributed by atoms with Gasteiger partial charge in [0, 0.05) is 55.4 Å². The van der Waals surface area contributed by atoms with Crippen molar-refractivity contribution < 1.29 is 14.3 Å². The summed E-state index contributed by atoms with van der Waals surface area (Å²) in [5.74, 6) is 0.904. The van der Waals surface area contributed by atoms with Gasteiger partial charge in [0.25, 0.3) is 0 Å². The van der Waals surface area contributed by atoms with E-state index >= 15 is 0 Å². The van der Waals surface area contributed by atoms with E-state index in [1.807, 2.05) is 53.5 Å². The van der Waals surface area contributed by atoms with Crippen molar-refractivity contribution in [2.45, 2.75) is 38.6 Å². The number of carbonyl (C=O) groups is 1. The number of hydrogen-bond donors (Lipinski definition) is 0. The molecule has 1 aliphatic carbocycles. The summed E-state index contributed by atoms with van der Waals surface area (Å²) in [6.45, 7) is 5.88. The Morgan fingerprint density at radius 2 is 1.97 bits per heavy atom. The average molecular weight is 472 g/mol. The molecule has 0 amide bonds. The van der Waals surface area contributed by atoms with Gasteiger partial charge in [-0.3, -0.25) is 14.7 Å². The molecule has 182 valence electrons. The van der Waals surface area contributed by atoms with Gasteiger partial charge in [-0.05, 0) is 73.2 Å². The lowest BCUT2D eigenvalue weighted by atomic mass is 9.90. The standard InChI is InChI=1S/C29H33N3O3/c1-21-17-22(18-28(33)24-11-12-32(20-24)26-7-9-27(34-2)10-8-26)19-30-29(21)23-3-5-25(6-4-23)31-13-15-35-16-14-31/h3,7-12,17,19-20,25H,4-6,13-16,18H2,1-2H3. The van der Waals surface area contributed by atoms with Crippen molar-refractivity contribution in [1.29, 1.82) is 0 Å². The molecule has 5 rings (SSSR count). The van der Waals surface area contributed by atoms with Gasteiger partial charge >= 0.3 is 0 Å². The number of ketones is 1. The molecule has 6 heteroatoms. The van der Waals surface area contributed by atoms with Gasteiger partial charge < -0.3 is 14.0 Å². The van der Waals surface area contributed by atoms with Crippen molar-refractivity contribution in [3.63, 3.8) is 0 Å². The molecule has 0 N–H and O–H groups in total. The summed E-state index contributed by atoms with van der Waals surface area (Å²) in [7, 11) is 1.65. The van der Waals surface area contributed by atoms with Gasteiger partial charge in [0.05, 0.1) is 26.0 Å². The Labute approximate surface area is 207 Å². The van der Waals surface area contributed by atoms with Crippen molar-refractivity contribution in [3.05, 3.63) is 83.4 Å². The largest absolute Gasteiger partial charge is 0.497 e. The first kappa shape index (κ1) is 23.5. The van der Waals surface area contributed by atoms with E-state index in [1.165, 1.54) is 12.0 Å². The number of rotatable bonds is 7. The van der Waals surface area contributed by atoms with Crippen LogP contribution in [0.25, 0.3) is 11.3 Å². The molecule has 0 radical (unpaired) electrons. The molecule has 2 aromatic heterocycles. The Morgan fingerprint density at radius 1 is 1.17 bits per heavy atom. The summed E-state index contributed by atoms with van der Waals surface area (Å²) in [6.07, 6.45) is 11.7. The molecule has 1 saturated heterocycles. The molecule has 35 heavy (non-hydrogen) atoms.